The van der Waals surface area contributed by atoms with Crippen LogP contribution in [0, 0.1) is 10.1 Å². The zero-order chi connectivity index (χ0) is 13.0. The number of hydrogen-bond donors (Lipinski definition) is 1. The van der Waals surface area contributed by atoms with Gasteiger partial charge in [0.15, 0.2) is 0 Å². The van der Waals surface area contributed by atoms with Crippen molar-refractivity contribution in [1.82, 2.24) is 0 Å². The quantitative estimate of drug-likeness (QED) is 0.486. The molecule has 0 aromatic heterocycles. The zero-order valence-corrected chi connectivity index (χ0v) is 9.64. The second-order valence-electron chi connectivity index (χ2n) is 3.07. The van der Waals surface area contributed by atoms with Crippen LogP contribution < -0.4 is 10.1 Å². The van der Waals surface area contributed by atoms with Crippen LogP contribution in [-0.4, -0.2) is 32.2 Å². The molecular weight excluding hydrogens is 228 g/mol. The van der Waals surface area contributed by atoms with Crippen LogP contribution >= 0.6 is 0 Å². The number of nitrogens with one attached hydrogen (secondary N) is 1. The fourth-order valence-electron chi connectivity index (χ4n) is 1.36. The maximum Gasteiger partial charge on any atom is 0.341 e. The minimum Gasteiger partial charge on any atom is -0.496 e. The molecular formula is C10H12N2O5. The van der Waals surface area contributed by atoms with Gasteiger partial charge in [-0.1, -0.05) is 0 Å². The molecule has 17 heavy (non-hydrogen) atoms. The number of nitro groups is 1. The van der Waals surface area contributed by atoms with Crippen LogP contribution in [0.15, 0.2) is 12.1 Å². The number of methoxy groups -OCH3 is 2. The summed E-state index contributed by atoms with van der Waals surface area (Å²) in [4.78, 5) is 21.7. The molecule has 0 heterocycles. The fourth-order valence-corrected chi connectivity index (χ4v) is 1.36. The summed E-state index contributed by atoms with van der Waals surface area (Å²) in [5, 5.41) is 13.5. The van der Waals surface area contributed by atoms with Gasteiger partial charge in [0, 0.05) is 19.2 Å². The Kier molecular flexibility index (Phi) is 3.86. The van der Waals surface area contributed by atoms with Gasteiger partial charge in [0.1, 0.15) is 17.0 Å². The molecule has 1 aromatic carbocycles. The molecule has 0 saturated heterocycles. The Labute approximate surface area is 97.5 Å². The number of hydrogen-bond acceptors (Lipinski definition) is 6. The number of carbonyl (C=O) groups is 1. The first-order chi connectivity index (χ1) is 8.04. The van der Waals surface area contributed by atoms with E-state index in [1.807, 2.05) is 0 Å². The topological polar surface area (TPSA) is 90.7 Å². The van der Waals surface area contributed by atoms with E-state index in [2.05, 4.69) is 10.1 Å². The largest absolute Gasteiger partial charge is 0.496 e. The average molecular weight is 240 g/mol. The molecule has 92 valence electrons. The normalized spacial score (nSPS) is 9.59. The van der Waals surface area contributed by atoms with E-state index in [0.29, 0.717) is 0 Å². The molecule has 1 rings (SSSR count). The van der Waals surface area contributed by atoms with Gasteiger partial charge in [0.2, 0.25) is 0 Å². The summed E-state index contributed by atoms with van der Waals surface area (Å²) in [6.07, 6.45) is 0. The summed E-state index contributed by atoms with van der Waals surface area (Å²) in [6.45, 7) is 0. The maximum absolute atomic E-state index is 11.4. The number of nitrogens with zero attached hydrogens (tertiary/aromatic N) is 1. The van der Waals surface area contributed by atoms with Crippen molar-refractivity contribution in [3.63, 3.8) is 0 Å². The Morgan fingerprint density at radius 3 is 2.47 bits per heavy atom. The van der Waals surface area contributed by atoms with Crippen LogP contribution in [0.4, 0.5) is 11.4 Å². The van der Waals surface area contributed by atoms with Crippen LogP contribution in [-0.2, 0) is 4.74 Å². The minimum absolute atomic E-state index is 0.0145. The molecule has 0 saturated carbocycles. The Morgan fingerprint density at radius 2 is 2.06 bits per heavy atom. The van der Waals surface area contributed by atoms with Crippen molar-refractivity contribution in [3.8, 4) is 5.75 Å². The van der Waals surface area contributed by atoms with Gasteiger partial charge in [-0.3, -0.25) is 10.1 Å². The van der Waals surface area contributed by atoms with Crippen molar-refractivity contribution in [1.29, 1.82) is 0 Å². The van der Waals surface area contributed by atoms with Crippen molar-refractivity contribution < 1.29 is 19.2 Å². The van der Waals surface area contributed by atoms with E-state index in [9.17, 15) is 14.9 Å². The lowest BCUT2D eigenvalue weighted by Crippen LogP contribution is -2.07. The summed E-state index contributed by atoms with van der Waals surface area (Å²) >= 11 is 0. The molecule has 0 aliphatic heterocycles. The molecule has 0 atom stereocenters. The SMILES string of the molecule is CNc1cc(OC)c(C(=O)OC)cc1[N+](=O)[O-]. The predicted octanol–water partition coefficient (Wildman–Crippen LogP) is 1.43. The van der Waals surface area contributed by atoms with Gasteiger partial charge < -0.3 is 14.8 Å². The second-order valence-corrected chi connectivity index (χ2v) is 3.07. The molecule has 7 heteroatoms. The second kappa shape index (κ2) is 5.15. The van der Waals surface area contributed by atoms with Crippen LogP contribution in [0.5, 0.6) is 5.75 Å². The molecule has 0 aliphatic rings. The smallest absolute Gasteiger partial charge is 0.341 e. The van der Waals surface area contributed by atoms with E-state index in [4.69, 9.17) is 4.74 Å². The number of ether oxygens (including phenoxy) is 2. The van der Waals surface area contributed by atoms with Gasteiger partial charge >= 0.3 is 5.97 Å². The highest BCUT2D eigenvalue weighted by Crippen LogP contribution is 2.32. The highest BCUT2D eigenvalue weighted by Gasteiger charge is 2.22. The fraction of sp³-hybridized carbons (Fsp3) is 0.300. The number of carbonyl (C=O) groups excluding carboxylic acids is 1. The van der Waals surface area contributed by atoms with Crippen molar-refractivity contribution in [2.75, 3.05) is 26.6 Å². The molecule has 1 aromatic rings. The highest BCUT2D eigenvalue weighted by atomic mass is 16.6. The summed E-state index contributed by atoms with van der Waals surface area (Å²) in [6, 6.07) is 2.50. The van der Waals surface area contributed by atoms with Crippen molar-refractivity contribution in [3.05, 3.63) is 27.8 Å². The molecule has 0 bridgehead atoms. The Bertz CT molecular complexity index is 458. The molecule has 0 spiro atoms. The van der Waals surface area contributed by atoms with Gasteiger partial charge in [-0.15, -0.1) is 0 Å². The maximum atomic E-state index is 11.4. The van der Waals surface area contributed by atoms with Gasteiger partial charge in [-0.25, -0.2) is 4.79 Å². The first kappa shape index (κ1) is 12.8. The molecule has 0 amide bonds. The lowest BCUT2D eigenvalue weighted by molar-refractivity contribution is -0.384. The Morgan fingerprint density at radius 1 is 1.41 bits per heavy atom. The van der Waals surface area contributed by atoms with Crippen LogP contribution in [0.1, 0.15) is 10.4 Å². The highest BCUT2D eigenvalue weighted by molar-refractivity contribution is 5.94. The lowest BCUT2D eigenvalue weighted by Gasteiger charge is -2.09. The van der Waals surface area contributed by atoms with E-state index >= 15 is 0 Å². The van der Waals surface area contributed by atoms with Crippen molar-refractivity contribution in [2.45, 2.75) is 0 Å². The third kappa shape index (κ3) is 2.44. The van der Waals surface area contributed by atoms with E-state index in [1.54, 1.807) is 7.05 Å². The average Bonchev–Trinajstić information content (AvgIpc) is 2.35. The minimum atomic E-state index is -0.687. The van der Waals surface area contributed by atoms with Gasteiger partial charge in [0.05, 0.1) is 19.1 Å². The van der Waals surface area contributed by atoms with Gasteiger partial charge in [-0.05, 0) is 0 Å². The number of benzene rings is 1. The van der Waals surface area contributed by atoms with Crippen molar-refractivity contribution in [2.24, 2.45) is 0 Å². The summed E-state index contributed by atoms with van der Waals surface area (Å²) in [7, 11) is 4.10. The summed E-state index contributed by atoms with van der Waals surface area (Å²) in [5.41, 5.74) is 0.0638. The Balaban J connectivity index is 3.44. The van der Waals surface area contributed by atoms with Gasteiger partial charge in [0.25, 0.3) is 5.69 Å². The molecule has 0 unspecified atom stereocenters. The third-order valence-corrected chi connectivity index (χ3v) is 2.19. The molecule has 0 fully saturated rings. The van der Waals surface area contributed by atoms with E-state index in [-0.39, 0.29) is 22.7 Å². The standard InChI is InChI=1S/C10H12N2O5/c1-11-7-5-9(16-2)6(10(13)17-3)4-8(7)12(14)15/h4-5,11H,1-3H3. The number of esters is 1. The first-order valence-corrected chi connectivity index (χ1v) is 4.67. The summed E-state index contributed by atoms with van der Waals surface area (Å²) < 4.78 is 9.51. The predicted molar refractivity (Wildman–Crippen MR) is 60.5 cm³/mol. The molecule has 0 radical (unpaired) electrons. The van der Waals surface area contributed by atoms with E-state index < -0.39 is 10.9 Å². The molecule has 1 N–H and O–H groups in total. The van der Waals surface area contributed by atoms with E-state index in [1.165, 1.54) is 20.3 Å². The van der Waals surface area contributed by atoms with Crippen molar-refractivity contribution >= 4 is 17.3 Å². The lowest BCUT2D eigenvalue weighted by atomic mass is 10.1. The Hall–Kier alpha value is -2.31. The summed E-state index contributed by atoms with van der Waals surface area (Å²) in [5.74, 6) is -0.473. The number of rotatable bonds is 4. The van der Waals surface area contributed by atoms with Gasteiger partial charge in [-0.2, -0.15) is 0 Å². The van der Waals surface area contributed by atoms with Crippen LogP contribution in [0.25, 0.3) is 0 Å². The zero-order valence-electron chi connectivity index (χ0n) is 9.64. The van der Waals surface area contributed by atoms with Crippen LogP contribution in [0.2, 0.25) is 0 Å². The third-order valence-electron chi connectivity index (χ3n) is 2.19. The molecule has 0 aliphatic carbocycles. The monoisotopic (exact) mass is 240 g/mol. The number of nitro benzene ring substituents is 1. The number of anilines is 1. The van der Waals surface area contributed by atoms with Crippen LogP contribution in [0.3, 0.4) is 0 Å². The van der Waals surface area contributed by atoms with E-state index in [0.717, 1.165) is 6.07 Å². The molecule has 7 nitrogen and oxygen atoms in total. The first-order valence-electron chi connectivity index (χ1n) is 4.67.